The van der Waals surface area contributed by atoms with Crippen LogP contribution in [-0.4, -0.2) is 19.1 Å². The van der Waals surface area contributed by atoms with Crippen LogP contribution in [0.15, 0.2) is 24.3 Å². The summed E-state index contributed by atoms with van der Waals surface area (Å²) in [7, 11) is 1.71. The Morgan fingerprint density at radius 2 is 2.15 bits per heavy atom. The first-order valence-electron chi connectivity index (χ1n) is 4.27. The molecule has 0 fully saturated rings. The van der Waals surface area contributed by atoms with Gasteiger partial charge in [0, 0.05) is 6.54 Å². The van der Waals surface area contributed by atoms with Gasteiger partial charge in [0.2, 0.25) is 0 Å². The lowest BCUT2D eigenvalue weighted by atomic mass is 10.1. The van der Waals surface area contributed by atoms with Crippen molar-refractivity contribution in [2.24, 2.45) is 0 Å². The zero-order valence-corrected chi connectivity index (χ0v) is 9.30. The molecule has 0 spiro atoms. The zero-order chi connectivity index (χ0) is 9.52. The predicted molar refractivity (Wildman–Crippen MR) is 58.5 cm³/mol. The van der Waals surface area contributed by atoms with Crippen LogP contribution in [0.3, 0.4) is 0 Å². The normalized spacial score (nSPS) is 10.0. The standard InChI is InChI=1S/C10H14BrNO/c1-13-10-5-3-2-4-9(10)6-7-12-8-11/h2-5,12H,6-8H2,1H3. The summed E-state index contributed by atoms with van der Waals surface area (Å²) < 4.78 is 5.24. The smallest absolute Gasteiger partial charge is 0.122 e. The predicted octanol–water partition coefficient (Wildman–Crippen LogP) is 2.18. The number of para-hydroxylation sites is 1. The second-order valence-corrected chi connectivity index (χ2v) is 3.26. The van der Waals surface area contributed by atoms with Gasteiger partial charge in [-0.25, -0.2) is 0 Å². The van der Waals surface area contributed by atoms with Gasteiger partial charge in [0.05, 0.1) is 12.6 Å². The van der Waals surface area contributed by atoms with Crippen LogP contribution in [0.2, 0.25) is 0 Å². The third kappa shape index (κ3) is 3.36. The molecule has 0 aliphatic rings. The van der Waals surface area contributed by atoms with Gasteiger partial charge in [0.25, 0.3) is 0 Å². The monoisotopic (exact) mass is 243 g/mol. The lowest BCUT2D eigenvalue weighted by Crippen LogP contribution is -2.14. The highest BCUT2D eigenvalue weighted by Crippen LogP contribution is 2.16. The number of halogens is 1. The molecule has 0 amide bonds. The van der Waals surface area contributed by atoms with Gasteiger partial charge < -0.3 is 10.1 Å². The van der Waals surface area contributed by atoms with Crippen molar-refractivity contribution >= 4 is 15.9 Å². The number of benzene rings is 1. The molecule has 1 rings (SSSR count). The maximum Gasteiger partial charge on any atom is 0.122 e. The van der Waals surface area contributed by atoms with Crippen molar-refractivity contribution in [3.05, 3.63) is 29.8 Å². The summed E-state index contributed by atoms with van der Waals surface area (Å²) in [6.07, 6.45) is 0.996. The maximum absolute atomic E-state index is 5.24. The van der Waals surface area contributed by atoms with Gasteiger partial charge in [-0.3, -0.25) is 0 Å². The van der Waals surface area contributed by atoms with Crippen LogP contribution in [0.4, 0.5) is 0 Å². The Kier molecular flexibility index (Phi) is 4.86. The van der Waals surface area contributed by atoms with Crippen molar-refractivity contribution in [1.82, 2.24) is 5.32 Å². The number of nitrogens with one attached hydrogen (secondary N) is 1. The van der Waals surface area contributed by atoms with Crippen molar-refractivity contribution < 1.29 is 4.74 Å². The quantitative estimate of drug-likeness (QED) is 0.487. The average Bonchev–Trinajstić information content (AvgIpc) is 2.19. The highest BCUT2D eigenvalue weighted by molar-refractivity contribution is 9.09. The Hall–Kier alpha value is -0.540. The van der Waals surface area contributed by atoms with Crippen molar-refractivity contribution in [3.8, 4) is 5.75 Å². The fourth-order valence-corrected chi connectivity index (χ4v) is 1.48. The van der Waals surface area contributed by atoms with Gasteiger partial charge in [0.15, 0.2) is 0 Å². The first-order valence-corrected chi connectivity index (χ1v) is 5.39. The Morgan fingerprint density at radius 3 is 2.85 bits per heavy atom. The summed E-state index contributed by atoms with van der Waals surface area (Å²) in [6, 6.07) is 8.10. The maximum atomic E-state index is 5.24. The van der Waals surface area contributed by atoms with Gasteiger partial charge in [-0.1, -0.05) is 34.1 Å². The Morgan fingerprint density at radius 1 is 1.38 bits per heavy atom. The van der Waals surface area contributed by atoms with Crippen molar-refractivity contribution in [2.75, 3.05) is 19.1 Å². The van der Waals surface area contributed by atoms with Crippen LogP contribution in [-0.2, 0) is 6.42 Å². The summed E-state index contributed by atoms with van der Waals surface area (Å²) >= 11 is 3.32. The molecule has 0 saturated carbocycles. The molecule has 0 unspecified atom stereocenters. The molecule has 1 N–H and O–H groups in total. The van der Waals surface area contributed by atoms with E-state index in [2.05, 4.69) is 27.3 Å². The first-order chi connectivity index (χ1) is 6.38. The minimum Gasteiger partial charge on any atom is -0.496 e. The molecule has 2 nitrogen and oxygen atoms in total. The fraction of sp³-hybridized carbons (Fsp3) is 0.400. The van der Waals surface area contributed by atoms with Crippen LogP contribution in [0.1, 0.15) is 5.56 Å². The van der Waals surface area contributed by atoms with Gasteiger partial charge in [-0.2, -0.15) is 0 Å². The molecule has 0 saturated heterocycles. The van der Waals surface area contributed by atoms with E-state index in [0.29, 0.717) is 0 Å². The first kappa shape index (κ1) is 10.5. The van der Waals surface area contributed by atoms with Crippen LogP contribution in [0.5, 0.6) is 5.75 Å². The third-order valence-electron chi connectivity index (χ3n) is 1.86. The summed E-state index contributed by atoms with van der Waals surface area (Å²) in [6.45, 7) is 0.964. The minimum absolute atomic E-state index is 0.835. The van der Waals surface area contributed by atoms with E-state index < -0.39 is 0 Å². The van der Waals surface area contributed by atoms with E-state index in [1.807, 2.05) is 18.2 Å². The minimum atomic E-state index is 0.835. The van der Waals surface area contributed by atoms with E-state index in [1.165, 1.54) is 5.56 Å². The molecule has 0 bridgehead atoms. The Bertz CT molecular complexity index is 252. The SMILES string of the molecule is COc1ccccc1CCNCBr. The van der Waals surface area contributed by atoms with E-state index in [-0.39, 0.29) is 0 Å². The van der Waals surface area contributed by atoms with Crippen LogP contribution < -0.4 is 10.1 Å². The lowest BCUT2D eigenvalue weighted by Gasteiger charge is -2.07. The molecule has 0 aliphatic heterocycles. The molecule has 0 radical (unpaired) electrons. The molecule has 3 heteroatoms. The number of hydrogen-bond donors (Lipinski definition) is 1. The second-order valence-electron chi connectivity index (χ2n) is 2.70. The van der Waals surface area contributed by atoms with Crippen molar-refractivity contribution in [1.29, 1.82) is 0 Å². The highest BCUT2D eigenvalue weighted by atomic mass is 79.9. The largest absolute Gasteiger partial charge is 0.496 e. The van der Waals surface area contributed by atoms with Gasteiger partial charge >= 0.3 is 0 Å². The van der Waals surface area contributed by atoms with Crippen LogP contribution in [0, 0.1) is 0 Å². The van der Waals surface area contributed by atoms with Crippen LogP contribution >= 0.6 is 15.9 Å². The van der Waals surface area contributed by atoms with E-state index in [4.69, 9.17) is 4.74 Å². The van der Waals surface area contributed by atoms with Gasteiger partial charge in [-0.05, 0) is 18.1 Å². The van der Waals surface area contributed by atoms with Gasteiger partial charge in [-0.15, -0.1) is 0 Å². The summed E-state index contributed by atoms with van der Waals surface area (Å²) in [5.74, 6) is 0.971. The number of methoxy groups -OCH3 is 1. The number of alkyl halides is 1. The molecule has 0 aliphatic carbocycles. The molecule has 0 aromatic heterocycles. The second kappa shape index (κ2) is 6.00. The highest BCUT2D eigenvalue weighted by Gasteiger charge is 1.99. The molecular weight excluding hydrogens is 230 g/mol. The van der Waals surface area contributed by atoms with Crippen molar-refractivity contribution in [2.45, 2.75) is 6.42 Å². The molecule has 1 aromatic carbocycles. The zero-order valence-electron chi connectivity index (χ0n) is 7.72. The number of hydrogen-bond acceptors (Lipinski definition) is 2. The van der Waals surface area contributed by atoms with E-state index in [9.17, 15) is 0 Å². The lowest BCUT2D eigenvalue weighted by molar-refractivity contribution is 0.409. The molecule has 0 heterocycles. The fourth-order valence-electron chi connectivity index (χ4n) is 1.20. The topological polar surface area (TPSA) is 21.3 Å². The van der Waals surface area contributed by atoms with Gasteiger partial charge in [0.1, 0.15) is 5.75 Å². The van der Waals surface area contributed by atoms with Crippen molar-refractivity contribution in [3.63, 3.8) is 0 Å². The van der Waals surface area contributed by atoms with E-state index in [1.54, 1.807) is 7.11 Å². The summed E-state index contributed by atoms with van der Waals surface area (Å²) in [4.78, 5) is 0. The molecular formula is C10H14BrNO. The molecule has 72 valence electrons. The number of rotatable bonds is 5. The number of ether oxygens (including phenoxy) is 1. The summed E-state index contributed by atoms with van der Waals surface area (Å²) in [5, 5.41) is 3.21. The molecule has 1 aromatic rings. The van der Waals surface area contributed by atoms with Crippen LogP contribution in [0.25, 0.3) is 0 Å². The van der Waals surface area contributed by atoms with E-state index >= 15 is 0 Å². The third-order valence-corrected chi connectivity index (χ3v) is 2.25. The average molecular weight is 244 g/mol. The van der Waals surface area contributed by atoms with E-state index in [0.717, 1.165) is 24.2 Å². The molecule has 0 atom stereocenters. The Labute approximate surface area is 87.4 Å². The molecule has 13 heavy (non-hydrogen) atoms. The Balaban J connectivity index is 2.54. The summed E-state index contributed by atoms with van der Waals surface area (Å²) in [5.41, 5.74) is 2.08.